The Morgan fingerprint density at radius 3 is 2.67 bits per heavy atom. The minimum atomic E-state index is -0.184. The number of hydrogen-bond acceptors (Lipinski definition) is 3. The molecular formula is C14H23FN2O. The Morgan fingerprint density at radius 1 is 1.39 bits per heavy atom. The van der Waals surface area contributed by atoms with E-state index in [-0.39, 0.29) is 18.5 Å². The van der Waals surface area contributed by atoms with Gasteiger partial charge in [-0.3, -0.25) is 0 Å². The largest absolute Gasteiger partial charge is 0.396 e. The van der Waals surface area contributed by atoms with Crippen molar-refractivity contribution in [1.29, 1.82) is 0 Å². The molecule has 18 heavy (non-hydrogen) atoms. The SMILES string of the molecule is CNCc1c(F)cccc1N(CCCO)C(C)C. The summed E-state index contributed by atoms with van der Waals surface area (Å²) in [5.74, 6) is -0.184. The highest BCUT2D eigenvalue weighted by molar-refractivity contribution is 5.54. The molecule has 0 aliphatic rings. The minimum Gasteiger partial charge on any atom is -0.396 e. The highest BCUT2D eigenvalue weighted by atomic mass is 19.1. The van der Waals surface area contributed by atoms with Gasteiger partial charge < -0.3 is 15.3 Å². The van der Waals surface area contributed by atoms with Crippen LogP contribution in [0.4, 0.5) is 10.1 Å². The van der Waals surface area contributed by atoms with Gasteiger partial charge in [-0.05, 0) is 39.4 Å². The fraction of sp³-hybridized carbons (Fsp3) is 0.571. The number of anilines is 1. The summed E-state index contributed by atoms with van der Waals surface area (Å²) in [6, 6.07) is 5.43. The van der Waals surface area contributed by atoms with E-state index in [0.29, 0.717) is 18.5 Å². The molecule has 0 bridgehead atoms. The summed E-state index contributed by atoms with van der Waals surface area (Å²) < 4.78 is 13.9. The monoisotopic (exact) mass is 254 g/mol. The lowest BCUT2D eigenvalue weighted by molar-refractivity contribution is 0.288. The molecular weight excluding hydrogens is 231 g/mol. The number of aliphatic hydroxyl groups is 1. The van der Waals surface area contributed by atoms with E-state index >= 15 is 0 Å². The predicted octanol–water partition coefficient (Wildman–Crippen LogP) is 2.14. The first-order chi connectivity index (χ1) is 8.61. The van der Waals surface area contributed by atoms with E-state index in [0.717, 1.165) is 12.2 Å². The zero-order chi connectivity index (χ0) is 13.5. The van der Waals surface area contributed by atoms with Gasteiger partial charge in [-0.25, -0.2) is 4.39 Å². The van der Waals surface area contributed by atoms with Crippen LogP contribution in [-0.2, 0) is 6.54 Å². The van der Waals surface area contributed by atoms with Crippen molar-refractivity contribution in [3.63, 3.8) is 0 Å². The second-order valence-electron chi connectivity index (χ2n) is 4.63. The van der Waals surface area contributed by atoms with E-state index in [1.54, 1.807) is 6.07 Å². The first-order valence-electron chi connectivity index (χ1n) is 6.41. The van der Waals surface area contributed by atoms with Gasteiger partial charge in [0.25, 0.3) is 0 Å². The van der Waals surface area contributed by atoms with Crippen LogP contribution in [0.2, 0.25) is 0 Å². The van der Waals surface area contributed by atoms with E-state index < -0.39 is 0 Å². The number of nitrogens with zero attached hydrogens (tertiary/aromatic N) is 1. The molecule has 0 spiro atoms. The Balaban J connectivity index is 3.06. The van der Waals surface area contributed by atoms with Gasteiger partial charge in [-0.15, -0.1) is 0 Å². The fourth-order valence-electron chi connectivity index (χ4n) is 2.07. The van der Waals surface area contributed by atoms with Crippen molar-refractivity contribution in [2.75, 3.05) is 25.1 Å². The number of aliphatic hydroxyl groups excluding tert-OH is 1. The standard InChI is InChI=1S/C14H23FN2O/c1-11(2)17(8-5-9-18)14-7-4-6-13(15)12(14)10-16-3/h4,6-7,11,16,18H,5,8-10H2,1-3H3. The van der Waals surface area contributed by atoms with Gasteiger partial charge in [0.15, 0.2) is 0 Å². The van der Waals surface area contributed by atoms with Crippen molar-refractivity contribution >= 4 is 5.69 Å². The summed E-state index contributed by atoms with van der Waals surface area (Å²) in [5.41, 5.74) is 1.60. The average Bonchev–Trinajstić information content (AvgIpc) is 2.33. The summed E-state index contributed by atoms with van der Waals surface area (Å²) in [6.07, 6.45) is 0.688. The smallest absolute Gasteiger partial charge is 0.129 e. The predicted molar refractivity (Wildman–Crippen MR) is 73.3 cm³/mol. The van der Waals surface area contributed by atoms with E-state index in [4.69, 9.17) is 5.11 Å². The van der Waals surface area contributed by atoms with Gasteiger partial charge >= 0.3 is 0 Å². The molecule has 102 valence electrons. The molecule has 0 amide bonds. The minimum absolute atomic E-state index is 0.153. The first kappa shape index (κ1) is 14.9. The number of benzene rings is 1. The lowest BCUT2D eigenvalue weighted by Crippen LogP contribution is -2.33. The Labute approximate surface area is 109 Å². The molecule has 1 aromatic rings. The zero-order valence-electron chi connectivity index (χ0n) is 11.4. The highest BCUT2D eigenvalue weighted by Gasteiger charge is 2.16. The summed E-state index contributed by atoms with van der Waals surface area (Å²) in [7, 11) is 1.81. The summed E-state index contributed by atoms with van der Waals surface area (Å²) in [5, 5.41) is 12.0. The molecule has 0 radical (unpaired) electrons. The summed E-state index contributed by atoms with van der Waals surface area (Å²) in [6.45, 7) is 5.54. The number of hydrogen-bond donors (Lipinski definition) is 2. The lowest BCUT2D eigenvalue weighted by atomic mass is 10.1. The molecule has 0 saturated carbocycles. The van der Waals surface area contributed by atoms with Crippen molar-refractivity contribution in [3.05, 3.63) is 29.6 Å². The average molecular weight is 254 g/mol. The molecule has 1 rings (SSSR count). The molecule has 2 N–H and O–H groups in total. The topological polar surface area (TPSA) is 35.5 Å². The van der Waals surface area contributed by atoms with Crippen LogP contribution in [0.15, 0.2) is 18.2 Å². The quantitative estimate of drug-likeness (QED) is 0.782. The fourth-order valence-corrected chi connectivity index (χ4v) is 2.07. The third kappa shape index (κ3) is 3.68. The van der Waals surface area contributed by atoms with Gasteiger partial charge in [0.1, 0.15) is 5.82 Å². The maximum absolute atomic E-state index is 13.9. The molecule has 1 aromatic carbocycles. The molecule has 0 atom stereocenters. The van der Waals surface area contributed by atoms with Crippen molar-refractivity contribution in [1.82, 2.24) is 5.32 Å². The van der Waals surface area contributed by atoms with Crippen molar-refractivity contribution in [2.24, 2.45) is 0 Å². The number of nitrogens with one attached hydrogen (secondary N) is 1. The third-order valence-corrected chi connectivity index (χ3v) is 2.94. The van der Waals surface area contributed by atoms with Gasteiger partial charge in [0, 0.05) is 37.0 Å². The second kappa shape index (κ2) is 7.34. The molecule has 3 nitrogen and oxygen atoms in total. The number of halogens is 1. The van der Waals surface area contributed by atoms with E-state index in [9.17, 15) is 4.39 Å². The molecule has 0 fully saturated rings. The molecule has 0 saturated heterocycles. The van der Waals surface area contributed by atoms with E-state index in [1.165, 1.54) is 6.07 Å². The van der Waals surface area contributed by atoms with E-state index in [1.807, 2.05) is 13.1 Å². The maximum atomic E-state index is 13.9. The molecule has 0 aromatic heterocycles. The van der Waals surface area contributed by atoms with Gasteiger partial charge in [-0.1, -0.05) is 6.07 Å². The van der Waals surface area contributed by atoms with Crippen LogP contribution in [0.3, 0.4) is 0 Å². The Bertz CT molecular complexity index is 369. The molecule has 0 unspecified atom stereocenters. The Morgan fingerprint density at radius 2 is 2.11 bits per heavy atom. The van der Waals surface area contributed by atoms with Crippen LogP contribution in [0.25, 0.3) is 0 Å². The molecule has 4 heteroatoms. The van der Waals surface area contributed by atoms with Crippen LogP contribution in [0.5, 0.6) is 0 Å². The van der Waals surface area contributed by atoms with Crippen molar-refractivity contribution in [2.45, 2.75) is 32.9 Å². The summed E-state index contributed by atoms with van der Waals surface area (Å²) >= 11 is 0. The van der Waals surface area contributed by atoms with Crippen LogP contribution >= 0.6 is 0 Å². The van der Waals surface area contributed by atoms with Crippen molar-refractivity contribution < 1.29 is 9.50 Å². The van der Waals surface area contributed by atoms with Crippen LogP contribution in [0, 0.1) is 5.82 Å². The van der Waals surface area contributed by atoms with Crippen LogP contribution < -0.4 is 10.2 Å². The van der Waals surface area contributed by atoms with Gasteiger partial charge in [0.2, 0.25) is 0 Å². The molecule has 0 aliphatic heterocycles. The highest BCUT2D eigenvalue weighted by Crippen LogP contribution is 2.25. The Hall–Kier alpha value is -1.13. The summed E-state index contributed by atoms with van der Waals surface area (Å²) in [4.78, 5) is 2.13. The van der Waals surface area contributed by atoms with E-state index in [2.05, 4.69) is 24.1 Å². The van der Waals surface area contributed by atoms with Crippen molar-refractivity contribution in [3.8, 4) is 0 Å². The first-order valence-corrected chi connectivity index (χ1v) is 6.41. The number of rotatable bonds is 7. The van der Waals surface area contributed by atoms with Gasteiger partial charge in [0.05, 0.1) is 0 Å². The van der Waals surface area contributed by atoms with Crippen LogP contribution in [-0.4, -0.2) is 31.3 Å². The third-order valence-electron chi connectivity index (χ3n) is 2.94. The lowest BCUT2D eigenvalue weighted by Gasteiger charge is -2.31. The Kier molecular flexibility index (Phi) is 6.09. The normalized spacial score (nSPS) is 11.0. The second-order valence-corrected chi connectivity index (χ2v) is 4.63. The zero-order valence-corrected chi connectivity index (χ0v) is 11.4. The van der Waals surface area contributed by atoms with Crippen LogP contribution in [0.1, 0.15) is 25.8 Å². The van der Waals surface area contributed by atoms with Gasteiger partial charge in [-0.2, -0.15) is 0 Å². The molecule has 0 aliphatic carbocycles. The molecule has 0 heterocycles. The maximum Gasteiger partial charge on any atom is 0.129 e.